The zero-order valence-electron chi connectivity index (χ0n) is 10.9. The Kier molecular flexibility index (Phi) is 6.46. The molecule has 0 fully saturated rings. The van der Waals surface area contributed by atoms with E-state index in [9.17, 15) is 8.60 Å². The highest BCUT2D eigenvalue weighted by Crippen LogP contribution is 2.21. The molecule has 0 amide bonds. The maximum atomic E-state index is 13.1. The average molecular weight is 336 g/mol. The maximum Gasteiger partial charge on any atom is 0.137 e. The Bertz CT molecular complexity index is 427. The van der Waals surface area contributed by atoms with E-state index >= 15 is 0 Å². The summed E-state index contributed by atoms with van der Waals surface area (Å²) in [7, 11) is -0.749. The van der Waals surface area contributed by atoms with Crippen LogP contribution < -0.4 is 5.32 Å². The average Bonchev–Trinajstić information content (AvgIpc) is 2.30. The van der Waals surface area contributed by atoms with E-state index in [1.807, 2.05) is 6.92 Å². The number of benzene rings is 1. The molecule has 2 nitrogen and oxygen atoms in total. The number of halogens is 2. The standard InChI is InChI=1S/C13H19BrFNOS/c1-9(6-7-18(3)17)16-10(2)11-4-5-13(15)12(14)8-11/h4-5,8-10,16H,6-7H2,1-3H3. The third kappa shape index (κ3) is 5.16. The lowest BCUT2D eigenvalue weighted by atomic mass is 10.1. The van der Waals surface area contributed by atoms with Gasteiger partial charge in [-0.05, 0) is 53.9 Å². The van der Waals surface area contributed by atoms with Crippen LogP contribution in [0.2, 0.25) is 0 Å². The molecule has 5 heteroatoms. The van der Waals surface area contributed by atoms with Crippen LogP contribution in [0, 0.1) is 5.82 Å². The molecule has 0 aliphatic heterocycles. The summed E-state index contributed by atoms with van der Waals surface area (Å²) in [5, 5.41) is 3.42. The fourth-order valence-corrected chi connectivity index (χ4v) is 2.81. The summed E-state index contributed by atoms with van der Waals surface area (Å²) < 4.78 is 24.6. The molecule has 0 spiro atoms. The Balaban J connectivity index is 2.56. The Morgan fingerprint density at radius 3 is 2.67 bits per heavy atom. The molecule has 0 aromatic heterocycles. The molecule has 0 saturated heterocycles. The third-order valence-corrected chi connectivity index (χ3v) is 4.23. The van der Waals surface area contributed by atoms with Crippen molar-refractivity contribution < 1.29 is 8.60 Å². The van der Waals surface area contributed by atoms with Gasteiger partial charge in [0.15, 0.2) is 0 Å². The van der Waals surface area contributed by atoms with E-state index in [1.165, 1.54) is 6.07 Å². The summed E-state index contributed by atoms with van der Waals surface area (Å²) in [6, 6.07) is 5.46. The second-order valence-electron chi connectivity index (χ2n) is 4.53. The highest BCUT2D eigenvalue weighted by Gasteiger charge is 2.11. The van der Waals surface area contributed by atoms with Crippen molar-refractivity contribution in [1.29, 1.82) is 0 Å². The number of hydrogen-bond acceptors (Lipinski definition) is 2. The molecule has 18 heavy (non-hydrogen) atoms. The second kappa shape index (κ2) is 7.36. The largest absolute Gasteiger partial charge is 0.308 e. The lowest BCUT2D eigenvalue weighted by molar-refractivity contribution is 0.469. The van der Waals surface area contributed by atoms with E-state index < -0.39 is 10.8 Å². The van der Waals surface area contributed by atoms with Crippen molar-refractivity contribution in [1.82, 2.24) is 5.32 Å². The van der Waals surface area contributed by atoms with E-state index in [0.29, 0.717) is 10.2 Å². The van der Waals surface area contributed by atoms with Crippen LogP contribution in [0.3, 0.4) is 0 Å². The monoisotopic (exact) mass is 335 g/mol. The molecule has 3 unspecified atom stereocenters. The van der Waals surface area contributed by atoms with Gasteiger partial charge in [0.1, 0.15) is 5.82 Å². The van der Waals surface area contributed by atoms with Crippen LogP contribution in [0.25, 0.3) is 0 Å². The smallest absolute Gasteiger partial charge is 0.137 e. The normalized spacial score (nSPS) is 16.3. The molecular formula is C13H19BrFNOS. The number of rotatable bonds is 6. The SMILES string of the molecule is CC(CCS(C)=O)NC(C)c1ccc(F)c(Br)c1. The Morgan fingerprint density at radius 1 is 1.44 bits per heavy atom. The van der Waals surface area contributed by atoms with Gasteiger partial charge in [-0.25, -0.2) is 4.39 Å². The van der Waals surface area contributed by atoms with Crippen LogP contribution in [-0.4, -0.2) is 22.3 Å². The molecule has 1 rings (SSSR count). The molecule has 1 aromatic carbocycles. The minimum Gasteiger partial charge on any atom is -0.308 e. The van der Waals surface area contributed by atoms with Gasteiger partial charge in [-0.15, -0.1) is 0 Å². The summed E-state index contributed by atoms with van der Waals surface area (Å²) in [6.07, 6.45) is 2.59. The van der Waals surface area contributed by atoms with E-state index in [1.54, 1.807) is 18.4 Å². The quantitative estimate of drug-likeness (QED) is 0.863. The molecule has 0 bridgehead atoms. The number of nitrogens with one attached hydrogen (secondary N) is 1. The molecule has 0 aliphatic rings. The first-order valence-electron chi connectivity index (χ1n) is 5.91. The van der Waals surface area contributed by atoms with Crippen molar-refractivity contribution in [2.24, 2.45) is 0 Å². The Morgan fingerprint density at radius 2 is 2.11 bits per heavy atom. The van der Waals surface area contributed by atoms with Crippen molar-refractivity contribution in [2.75, 3.05) is 12.0 Å². The van der Waals surface area contributed by atoms with Gasteiger partial charge in [-0.1, -0.05) is 6.07 Å². The first-order valence-corrected chi connectivity index (χ1v) is 8.43. The Labute approximate surface area is 119 Å². The molecule has 0 saturated carbocycles. The van der Waals surface area contributed by atoms with Crippen LogP contribution in [-0.2, 0) is 10.8 Å². The van der Waals surface area contributed by atoms with E-state index in [0.717, 1.165) is 12.0 Å². The third-order valence-electron chi connectivity index (χ3n) is 2.82. The van der Waals surface area contributed by atoms with Crippen LogP contribution in [0.1, 0.15) is 31.9 Å². The molecule has 1 N–H and O–H groups in total. The fourth-order valence-electron chi connectivity index (χ4n) is 1.73. The molecule has 3 atom stereocenters. The van der Waals surface area contributed by atoms with Gasteiger partial charge in [0.25, 0.3) is 0 Å². The van der Waals surface area contributed by atoms with Crippen LogP contribution in [0.4, 0.5) is 4.39 Å². The van der Waals surface area contributed by atoms with Crippen molar-refractivity contribution in [3.63, 3.8) is 0 Å². The summed E-state index contributed by atoms with van der Waals surface area (Å²) in [5.74, 6) is 0.453. The first kappa shape index (κ1) is 15.8. The predicted octanol–water partition coefficient (Wildman–Crippen LogP) is 3.40. The van der Waals surface area contributed by atoms with Gasteiger partial charge in [0.05, 0.1) is 4.47 Å². The van der Waals surface area contributed by atoms with Crippen molar-refractivity contribution in [3.8, 4) is 0 Å². The topological polar surface area (TPSA) is 29.1 Å². The summed E-state index contributed by atoms with van der Waals surface area (Å²) in [6.45, 7) is 4.11. The van der Waals surface area contributed by atoms with Crippen LogP contribution >= 0.6 is 15.9 Å². The van der Waals surface area contributed by atoms with Crippen LogP contribution in [0.15, 0.2) is 22.7 Å². The van der Waals surface area contributed by atoms with E-state index in [2.05, 4.69) is 28.2 Å². The van der Waals surface area contributed by atoms with Gasteiger partial charge in [-0.2, -0.15) is 0 Å². The van der Waals surface area contributed by atoms with Gasteiger partial charge in [-0.3, -0.25) is 4.21 Å². The number of hydrogen-bond donors (Lipinski definition) is 1. The van der Waals surface area contributed by atoms with Crippen molar-refractivity contribution in [2.45, 2.75) is 32.4 Å². The van der Waals surface area contributed by atoms with Crippen molar-refractivity contribution >= 4 is 26.7 Å². The zero-order valence-corrected chi connectivity index (χ0v) is 13.3. The van der Waals surface area contributed by atoms with Gasteiger partial charge in [0, 0.05) is 34.9 Å². The minimum atomic E-state index is -0.749. The highest BCUT2D eigenvalue weighted by atomic mass is 79.9. The van der Waals surface area contributed by atoms with Gasteiger partial charge < -0.3 is 5.32 Å². The Hall–Kier alpha value is -0.260. The molecule has 0 aliphatic carbocycles. The van der Waals surface area contributed by atoms with Gasteiger partial charge in [0.2, 0.25) is 0 Å². The van der Waals surface area contributed by atoms with E-state index in [-0.39, 0.29) is 17.9 Å². The first-order chi connectivity index (χ1) is 8.40. The predicted molar refractivity (Wildman–Crippen MR) is 78.7 cm³/mol. The van der Waals surface area contributed by atoms with E-state index in [4.69, 9.17) is 0 Å². The lowest BCUT2D eigenvalue weighted by Gasteiger charge is -2.20. The minimum absolute atomic E-state index is 0.141. The van der Waals surface area contributed by atoms with Gasteiger partial charge >= 0.3 is 0 Å². The maximum absolute atomic E-state index is 13.1. The summed E-state index contributed by atoms with van der Waals surface area (Å²) in [4.78, 5) is 0. The molecule has 0 radical (unpaired) electrons. The summed E-state index contributed by atoms with van der Waals surface area (Å²) >= 11 is 3.19. The lowest BCUT2D eigenvalue weighted by Crippen LogP contribution is -2.30. The zero-order chi connectivity index (χ0) is 13.7. The van der Waals surface area contributed by atoms with Crippen molar-refractivity contribution in [3.05, 3.63) is 34.1 Å². The molecular weight excluding hydrogens is 317 g/mol. The van der Waals surface area contributed by atoms with Crippen LogP contribution in [0.5, 0.6) is 0 Å². The fraction of sp³-hybridized carbons (Fsp3) is 0.538. The molecule has 102 valence electrons. The highest BCUT2D eigenvalue weighted by molar-refractivity contribution is 9.10. The summed E-state index contributed by atoms with van der Waals surface area (Å²) in [5.41, 5.74) is 1.03. The molecule has 0 heterocycles. The molecule has 1 aromatic rings. The second-order valence-corrected chi connectivity index (χ2v) is 6.94.